The van der Waals surface area contributed by atoms with Gasteiger partial charge in [0.25, 0.3) is 0 Å². The third-order valence-electron chi connectivity index (χ3n) is 2.15. The van der Waals surface area contributed by atoms with E-state index in [1.165, 1.54) is 0 Å². The van der Waals surface area contributed by atoms with E-state index < -0.39 is 17.5 Å². The second kappa shape index (κ2) is 3.92. The van der Waals surface area contributed by atoms with Crippen LogP contribution in [0, 0.1) is 17.5 Å². The number of nitrogens with zero attached hydrogens (tertiary/aromatic N) is 1. The molecule has 2 nitrogen and oxygen atoms in total. The quantitative estimate of drug-likeness (QED) is 0.763. The summed E-state index contributed by atoms with van der Waals surface area (Å²) in [5.74, 6) is -2.27. The molecule has 0 unspecified atom stereocenters. The normalized spacial score (nSPS) is 15.3. The largest absolute Gasteiger partial charge is 0.339 e. The number of nitrogens with one attached hydrogen (secondary N) is 1. The number of benzene rings is 1. The van der Waals surface area contributed by atoms with Crippen LogP contribution in [0.4, 0.5) is 18.9 Å². The molecule has 0 spiro atoms. The van der Waals surface area contributed by atoms with Gasteiger partial charge in [0.05, 0.1) is 0 Å². The van der Waals surface area contributed by atoms with Gasteiger partial charge in [0, 0.05) is 25.1 Å². The van der Waals surface area contributed by atoms with Crippen LogP contribution in [0.25, 0.3) is 0 Å². The van der Waals surface area contributed by atoms with Crippen molar-refractivity contribution in [2.45, 2.75) is 12.8 Å². The van der Waals surface area contributed by atoms with E-state index in [1.54, 1.807) is 0 Å². The maximum absolute atomic E-state index is 13.2. The fourth-order valence-corrected chi connectivity index (χ4v) is 1.45. The summed E-state index contributed by atoms with van der Waals surface area (Å²) in [5.41, 5.74) is -0.336. The van der Waals surface area contributed by atoms with Gasteiger partial charge in [0.2, 0.25) is 0 Å². The van der Waals surface area contributed by atoms with E-state index in [4.69, 9.17) is 0 Å². The highest BCUT2D eigenvalue weighted by Gasteiger charge is 2.14. The molecule has 0 bridgehead atoms. The van der Waals surface area contributed by atoms with Crippen molar-refractivity contribution >= 4 is 11.5 Å². The van der Waals surface area contributed by atoms with Crippen molar-refractivity contribution in [2.24, 2.45) is 4.99 Å². The summed E-state index contributed by atoms with van der Waals surface area (Å²) in [6.45, 7) is 0.659. The van der Waals surface area contributed by atoms with Crippen LogP contribution in [-0.4, -0.2) is 12.4 Å². The molecule has 0 amide bonds. The first-order valence-corrected chi connectivity index (χ1v) is 4.62. The molecular weight excluding hydrogens is 205 g/mol. The summed E-state index contributed by atoms with van der Waals surface area (Å²) in [5, 5.41) is 2.54. The van der Waals surface area contributed by atoms with Crippen LogP contribution in [0.1, 0.15) is 12.8 Å². The highest BCUT2D eigenvalue weighted by molar-refractivity contribution is 5.96. The Bertz CT molecular complexity index is 392. The monoisotopic (exact) mass is 214 g/mol. The molecule has 0 saturated heterocycles. The van der Waals surface area contributed by atoms with Gasteiger partial charge < -0.3 is 5.32 Å². The summed E-state index contributed by atoms with van der Waals surface area (Å²) in [4.78, 5) is 4.01. The van der Waals surface area contributed by atoms with E-state index in [-0.39, 0.29) is 5.69 Å². The summed E-state index contributed by atoms with van der Waals surface area (Å²) in [6.07, 6.45) is 1.53. The topological polar surface area (TPSA) is 24.4 Å². The summed E-state index contributed by atoms with van der Waals surface area (Å²) in [6, 6.07) is 1.28. The summed E-state index contributed by atoms with van der Waals surface area (Å²) >= 11 is 0. The van der Waals surface area contributed by atoms with Gasteiger partial charge in [-0.25, -0.2) is 13.2 Å². The molecule has 1 aromatic rings. The van der Waals surface area contributed by atoms with Crippen LogP contribution in [0.5, 0.6) is 0 Å². The number of hydrogen-bond acceptors (Lipinski definition) is 2. The predicted molar refractivity (Wildman–Crippen MR) is 51.5 cm³/mol. The molecule has 0 aliphatic carbocycles. The molecule has 0 aromatic heterocycles. The fourth-order valence-electron chi connectivity index (χ4n) is 1.45. The Morgan fingerprint density at radius 2 is 1.80 bits per heavy atom. The second-order valence-electron chi connectivity index (χ2n) is 3.30. The van der Waals surface area contributed by atoms with E-state index in [2.05, 4.69) is 10.3 Å². The van der Waals surface area contributed by atoms with Crippen LogP contribution in [-0.2, 0) is 0 Å². The Hall–Kier alpha value is -1.52. The molecule has 1 heterocycles. The Morgan fingerprint density at radius 3 is 2.33 bits per heavy atom. The molecule has 0 atom stereocenters. The van der Waals surface area contributed by atoms with Crippen LogP contribution in [0.15, 0.2) is 17.1 Å². The number of hydrogen-bond donors (Lipinski definition) is 1. The molecular formula is C10H9F3N2. The molecule has 0 fully saturated rings. The molecule has 1 aromatic carbocycles. The van der Waals surface area contributed by atoms with Crippen LogP contribution in [0.3, 0.4) is 0 Å². The van der Waals surface area contributed by atoms with Gasteiger partial charge in [0.15, 0.2) is 11.6 Å². The zero-order chi connectivity index (χ0) is 10.8. The lowest BCUT2D eigenvalue weighted by atomic mass is 10.2. The Balaban J connectivity index is 2.27. The molecule has 1 aliphatic rings. The van der Waals surface area contributed by atoms with Gasteiger partial charge in [0.1, 0.15) is 17.3 Å². The molecule has 0 radical (unpaired) electrons. The maximum Gasteiger partial charge on any atom is 0.152 e. The Kier molecular flexibility index (Phi) is 2.62. The first kappa shape index (κ1) is 10.0. The van der Waals surface area contributed by atoms with Crippen molar-refractivity contribution in [3.05, 3.63) is 29.6 Å². The molecule has 80 valence electrons. The van der Waals surface area contributed by atoms with Crippen molar-refractivity contribution in [2.75, 3.05) is 11.9 Å². The van der Waals surface area contributed by atoms with Crippen molar-refractivity contribution in [1.82, 2.24) is 0 Å². The third-order valence-corrected chi connectivity index (χ3v) is 2.15. The van der Waals surface area contributed by atoms with Crippen LogP contribution >= 0.6 is 0 Å². The molecule has 15 heavy (non-hydrogen) atoms. The lowest BCUT2D eigenvalue weighted by Crippen LogP contribution is -2.11. The maximum atomic E-state index is 13.2. The summed E-state index contributed by atoms with van der Waals surface area (Å²) in [7, 11) is 0. The highest BCUT2D eigenvalue weighted by Crippen LogP contribution is 2.21. The van der Waals surface area contributed by atoms with Gasteiger partial charge in [-0.05, 0) is 6.42 Å². The number of halogens is 3. The van der Waals surface area contributed by atoms with E-state index in [0.717, 1.165) is 6.42 Å². The second-order valence-corrected chi connectivity index (χ2v) is 3.30. The fraction of sp³-hybridized carbons (Fsp3) is 0.300. The van der Waals surface area contributed by atoms with Crippen LogP contribution in [0.2, 0.25) is 0 Å². The molecule has 1 aliphatic heterocycles. The average Bonchev–Trinajstić information content (AvgIpc) is 2.63. The first-order chi connectivity index (χ1) is 7.16. The lowest BCUT2D eigenvalue weighted by molar-refractivity contribution is 0.549. The van der Waals surface area contributed by atoms with E-state index in [1.807, 2.05) is 0 Å². The number of aliphatic imine (C=N–C) groups is 1. The van der Waals surface area contributed by atoms with Gasteiger partial charge in [-0.15, -0.1) is 0 Å². The number of anilines is 1. The number of amidine groups is 1. The minimum absolute atomic E-state index is 0.336. The molecule has 1 N–H and O–H groups in total. The van der Waals surface area contributed by atoms with Crippen molar-refractivity contribution in [1.29, 1.82) is 0 Å². The van der Waals surface area contributed by atoms with Gasteiger partial charge >= 0.3 is 0 Å². The van der Waals surface area contributed by atoms with Crippen molar-refractivity contribution in [3.8, 4) is 0 Å². The van der Waals surface area contributed by atoms with E-state index >= 15 is 0 Å². The highest BCUT2D eigenvalue weighted by atomic mass is 19.1. The zero-order valence-corrected chi connectivity index (χ0v) is 7.86. The van der Waals surface area contributed by atoms with E-state index in [9.17, 15) is 13.2 Å². The molecule has 0 saturated carbocycles. The standard InChI is InChI=1S/C10H9F3N2/c11-6-4-7(12)10(8(13)5-6)15-9-2-1-3-14-9/h4-5H,1-3H2,(H,14,15). The summed E-state index contributed by atoms with van der Waals surface area (Å²) < 4.78 is 38.9. The smallest absolute Gasteiger partial charge is 0.152 e. The van der Waals surface area contributed by atoms with Gasteiger partial charge in [-0.3, -0.25) is 4.99 Å². The average molecular weight is 214 g/mol. The lowest BCUT2D eigenvalue weighted by Gasteiger charge is -2.08. The minimum atomic E-state index is -0.942. The Morgan fingerprint density at radius 1 is 1.13 bits per heavy atom. The third kappa shape index (κ3) is 2.11. The predicted octanol–water partition coefficient (Wildman–Crippen LogP) is 2.71. The van der Waals surface area contributed by atoms with Gasteiger partial charge in [-0.1, -0.05) is 0 Å². The van der Waals surface area contributed by atoms with E-state index in [0.29, 0.717) is 30.9 Å². The van der Waals surface area contributed by atoms with Gasteiger partial charge in [-0.2, -0.15) is 0 Å². The van der Waals surface area contributed by atoms with Crippen molar-refractivity contribution in [3.63, 3.8) is 0 Å². The minimum Gasteiger partial charge on any atom is -0.339 e. The number of rotatable bonds is 1. The van der Waals surface area contributed by atoms with Crippen LogP contribution < -0.4 is 5.32 Å². The van der Waals surface area contributed by atoms with Crippen molar-refractivity contribution < 1.29 is 13.2 Å². The SMILES string of the molecule is Fc1cc(F)c(NC2=NCCC2)c(F)c1. The molecule has 2 rings (SSSR count). The Labute approximate surface area is 84.8 Å². The molecule has 5 heteroatoms. The first-order valence-electron chi connectivity index (χ1n) is 4.62. The zero-order valence-electron chi connectivity index (χ0n) is 7.86.